The first-order valence-corrected chi connectivity index (χ1v) is 18.6. The minimum Gasteiger partial charge on any atom is -0.508 e. The van der Waals surface area contributed by atoms with Gasteiger partial charge in [-0.25, -0.2) is 9.59 Å². The SMILES string of the molecule is C/C=C\C1=C(C(=O)O)N2C(=O)[C@@H](NC(=O)[C@H](NC(=O)[C@@H](NC(=O)[C@H](N)c3ccc(O)cc3)[C@@H]3NC(C(=O)O)=C(/C=C/C)CS3)c3ccc(O)cc3)[C@H]2SC1. The van der Waals surface area contributed by atoms with Gasteiger partial charge in [-0.1, -0.05) is 48.6 Å². The number of carbonyl (C=O) groups is 6. The van der Waals surface area contributed by atoms with Crippen molar-refractivity contribution in [1.29, 1.82) is 0 Å². The van der Waals surface area contributed by atoms with Crippen molar-refractivity contribution in [3.05, 3.63) is 107 Å². The quantitative estimate of drug-likeness (QED) is 0.130. The van der Waals surface area contributed by atoms with E-state index in [-0.39, 0.29) is 40.0 Å². The number of carbonyl (C=O) groups excluding carboxylic acids is 4. The van der Waals surface area contributed by atoms with Gasteiger partial charge < -0.3 is 47.4 Å². The number of rotatable bonds is 13. The number of hydrogen-bond acceptors (Lipinski definition) is 12. The molecule has 0 saturated carbocycles. The summed E-state index contributed by atoms with van der Waals surface area (Å²) in [6.45, 7) is 3.43. The maximum Gasteiger partial charge on any atom is 0.352 e. The van der Waals surface area contributed by atoms with E-state index in [0.717, 1.165) is 16.7 Å². The molecule has 5 rings (SSSR count). The molecule has 1 saturated heterocycles. The second-order valence-electron chi connectivity index (χ2n) is 12.2. The zero-order valence-electron chi connectivity index (χ0n) is 28.9. The van der Waals surface area contributed by atoms with E-state index >= 15 is 0 Å². The number of thioether (sulfide) groups is 2. The third kappa shape index (κ3) is 8.40. The molecule has 2 aromatic carbocycles. The van der Waals surface area contributed by atoms with E-state index in [1.165, 1.54) is 60.3 Å². The van der Waals surface area contributed by atoms with Crippen LogP contribution in [0.1, 0.15) is 37.1 Å². The maximum absolute atomic E-state index is 14.3. The molecular weight excluding hydrogens is 741 g/mol. The Balaban J connectivity index is 1.44. The molecule has 0 aliphatic carbocycles. The Bertz CT molecular complexity index is 1960. The lowest BCUT2D eigenvalue weighted by molar-refractivity contribution is -0.151. The molecule has 54 heavy (non-hydrogen) atoms. The van der Waals surface area contributed by atoms with E-state index in [4.69, 9.17) is 5.73 Å². The number of benzene rings is 2. The van der Waals surface area contributed by atoms with E-state index in [1.807, 2.05) is 0 Å². The largest absolute Gasteiger partial charge is 0.508 e. The Morgan fingerprint density at radius 2 is 1.39 bits per heavy atom. The number of nitrogens with zero attached hydrogens (tertiary/aromatic N) is 1. The van der Waals surface area contributed by atoms with Crippen molar-refractivity contribution in [2.45, 2.75) is 48.8 Å². The highest BCUT2D eigenvalue weighted by molar-refractivity contribution is 8.00. The molecule has 6 atom stereocenters. The molecule has 10 N–H and O–H groups in total. The van der Waals surface area contributed by atoms with Crippen LogP contribution >= 0.6 is 23.5 Å². The number of aromatic hydroxyl groups is 2. The van der Waals surface area contributed by atoms with Crippen LogP contribution in [0.25, 0.3) is 0 Å². The first kappa shape index (κ1) is 39.5. The van der Waals surface area contributed by atoms with Crippen molar-refractivity contribution in [3.8, 4) is 11.5 Å². The van der Waals surface area contributed by atoms with Gasteiger partial charge in [0.15, 0.2) is 0 Å². The van der Waals surface area contributed by atoms with Crippen molar-refractivity contribution in [2.24, 2.45) is 5.73 Å². The van der Waals surface area contributed by atoms with Gasteiger partial charge in [0.1, 0.15) is 57.8 Å². The molecular formula is C36H38N6O10S2. The number of allylic oxidation sites excluding steroid dienone is 4. The first-order chi connectivity index (χ1) is 25.7. The number of carboxylic acid groups (broad SMARTS) is 2. The second kappa shape index (κ2) is 17.0. The summed E-state index contributed by atoms with van der Waals surface area (Å²) in [6, 6.07) is 5.28. The Morgan fingerprint density at radius 3 is 1.96 bits per heavy atom. The van der Waals surface area contributed by atoms with Crippen LogP contribution in [0.5, 0.6) is 11.5 Å². The molecule has 3 heterocycles. The van der Waals surface area contributed by atoms with E-state index in [1.54, 1.807) is 38.2 Å². The van der Waals surface area contributed by atoms with Crippen LogP contribution in [-0.2, 0) is 28.8 Å². The number of β-lactam (4-membered cyclic amide) rings is 1. The molecule has 1 fully saturated rings. The Kier molecular flexibility index (Phi) is 12.4. The number of carboxylic acids is 2. The second-order valence-corrected chi connectivity index (χ2v) is 14.5. The lowest BCUT2D eigenvalue weighted by atomic mass is 10.00. The summed E-state index contributed by atoms with van der Waals surface area (Å²) >= 11 is 2.37. The monoisotopic (exact) mass is 778 g/mol. The number of aliphatic carboxylic acids is 2. The van der Waals surface area contributed by atoms with E-state index in [0.29, 0.717) is 16.7 Å². The molecule has 0 unspecified atom stereocenters. The van der Waals surface area contributed by atoms with Gasteiger partial charge in [-0.15, -0.1) is 23.5 Å². The van der Waals surface area contributed by atoms with Gasteiger partial charge in [-0.3, -0.25) is 24.1 Å². The van der Waals surface area contributed by atoms with E-state index in [9.17, 15) is 49.2 Å². The van der Waals surface area contributed by atoms with Gasteiger partial charge in [0, 0.05) is 11.5 Å². The van der Waals surface area contributed by atoms with Crippen molar-refractivity contribution in [3.63, 3.8) is 0 Å². The summed E-state index contributed by atoms with van der Waals surface area (Å²) in [7, 11) is 0. The van der Waals surface area contributed by atoms with Crippen molar-refractivity contribution < 1.29 is 49.2 Å². The van der Waals surface area contributed by atoms with Crippen LogP contribution < -0.4 is 27.0 Å². The smallest absolute Gasteiger partial charge is 0.352 e. The Labute approximate surface area is 317 Å². The number of hydrogen-bond donors (Lipinski definition) is 9. The molecule has 18 heteroatoms. The molecule has 3 aliphatic rings. The van der Waals surface area contributed by atoms with E-state index < -0.39 is 70.5 Å². The highest BCUT2D eigenvalue weighted by Crippen LogP contribution is 2.41. The minimum absolute atomic E-state index is 0.0644. The molecule has 0 bridgehead atoms. The average Bonchev–Trinajstić information content (AvgIpc) is 3.15. The highest BCUT2D eigenvalue weighted by atomic mass is 32.2. The molecule has 2 aromatic rings. The fraction of sp³-hybridized carbons (Fsp3) is 0.278. The number of nitrogens with one attached hydrogen (secondary N) is 4. The third-order valence-corrected chi connectivity index (χ3v) is 11.2. The van der Waals surface area contributed by atoms with Crippen LogP contribution in [0.4, 0.5) is 0 Å². The molecule has 0 radical (unpaired) electrons. The lowest BCUT2D eigenvalue weighted by Gasteiger charge is -2.49. The summed E-state index contributed by atoms with van der Waals surface area (Å²) < 4.78 is 0. The number of phenols is 2. The van der Waals surface area contributed by atoms with Gasteiger partial charge in [0.25, 0.3) is 5.91 Å². The summed E-state index contributed by atoms with van der Waals surface area (Å²) in [5, 5.41) is 48.3. The Morgan fingerprint density at radius 1 is 0.815 bits per heavy atom. The van der Waals surface area contributed by atoms with Crippen molar-refractivity contribution >= 4 is 59.1 Å². The predicted octanol–water partition coefficient (Wildman–Crippen LogP) is 1.33. The maximum atomic E-state index is 14.3. The van der Waals surface area contributed by atoms with Crippen LogP contribution in [0, 0.1) is 0 Å². The highest BCUT2D eigenvalue weighted by Gasteiger charge is 2.54. The summed E-state index contributed by atoms with van der Waals surface area (Å²) in [5.74, 6) is -5.70. The van der Waals surface area contributed by atoms with Gasteiger partial charge >= 0.3 is 11.9 Å². The van der Waals surface area contributed by atoms with E-state index in [2.05, 4.69) is 21.3 Å². The van der Waals surface area contributed by atoms with Gasteiger partial charge in [0.2, 0.25) is 17.7 Å². The summed E-state index contributed by atoms with van der Waals surface area (Å²) in [5.41, 5.74) is 7.17. The lowest BCUT2D eigenvalue weighted by Crippen LogP contribution is -2.71. The van der Waals surface area contributed by atoms with Gasteiger partial charge in [-0.05, 0) is 60.4 Å². The van der Waals surface area contributed by atoms with Crippen LogP contribution in [0.2, 0.25) is 0 Å². The summed E-state index contributed by atoms with van der Waals surface area (Å²) in [6.07, 6.45) is 6.52. The topological polar surface area (TPSA) is 261 Å². The fourth-order valence-corrected chi connectivity index (χ4v) is 8.51. The first-order valence-electron chi connectivity index (χ1n) is 16.5. The number of fused-ring (bicyclic) bond motifs is 1. The number of phenolic OH excluding ortho intramolecular Hbond substituents is 2. The van der Waals surface area contributed by atoms with Crippen molar-refractivity contribution in [2.75, 3.05) is 11.5 Å². The zero-order valence-corrected chi connectivity index (χ0v) is 30.5. The molecule has 284 valence electrons. The molecule has 0 aromatic heterocycles. The van der Waals surface area contributed by atoms with Crippen LogP contribution in [-0.4, -0.2) is 95.2 Å². The van der Waals surface area contributed by atoms with Gasteiger partial charge in [-0.2, -0.15) is 0 Å². The molecule has 4 amide bonds. The number of nitrogens with two attached hydrogens (primary N) is 1. The summed E-state index contributed by atoms with van der Waals surface area (Å²) in [4.78, 5) is 80.6. The normalized spacial score (nSPS) is 21.4. The molecule has 3 aliphatic heterocycles. The Hall–Kier alpha value is -5.72. The van der Waals surface area contributed by atoms with Gasteiger partial charge in [0.05, 0.1) is 0 Å². The standard InChI is InChI=1S/C36H38N6O10S2/c1-3-5-19-15-53-32(41-25(19)35(49)50)26(39-29(45)23(37)17-7-11-21(43)12-8-17)31(47)38-24(18-9-13-22(44)14-10-18)30(46)40-27-33(48)42-28(36(51)52)20(6-4-2)16-54-34(27)42/h3-14,23-24,26-27,32,34,41,43-44H,15-16,37H2,1-2H3,(H,38,47)(H,39,45)(H,40,46)(H,49,50)(H,51,52)/b5-3+,6-4-/t23-,24-,26-,27-,32-,34-/m1/s1. The molecule has 0 spiro atoms. The minimum atomic E-state index is -1.54. The number of amides is 4. The predicted molar refractivity (Wildman–Crippen MR) is 199 cm³/mol. The van der Waals surface area contributed by atoms with Crippen LogP contribution in [0.15, 0.2) is 95.4 Å². The zero-order chi connectivity index (χ0) is 39.3. The average molecular weight is 779 g/mol. The third-order valence-electron chi connectivity index (χ3n) is 8.67. The molecule has 16 nitrogen and oxygen atoms in total. The van der Waals surface area contributed by atoms with Crippen LogP contribution in [0.3, 0.4) is 0 Å². The van der Waals surface area contributed by atoms with Crippen molar-refractivity contribution in [1.82, 2.24) is 26.2 Å². The fourth-order valence-electron chi connectivity index (χ4n) is 6.00.